The van der Waals surface area contributed by atoms with Crippen molar-refractivity contribution >= 4 is 21.8 Å². The molecule has 0 saturated carbocycles. The van der Waals surface area contributed by atoms with Gasteiger partial charge in [-0.25, -0.2) is 0 Å². The quantitative estimate of drug-likeness (QED) is 0.870. The van der Waals surface area contributed by atoms with Gasteiger partial charge in [-0.15, -0.1) is 0 Å². The molecule has 0 bridgehead atoms. The van der Waals surface area contributed by atoms with Gasteiger partial charge in [0.25, 0.3) is 5.91 Å². The Kier molecular flexibility index (Phi) is 4.04. The van der Waals surface area contributed by atoms with Gasteiger partial charge in [-0.2, -0.15) is 0 Å². The fourth-order valence-corrected chi connectivity index (χ4v) is 2.47. The van der Waals surface area contributed by atoms with Crippen molar-refractivity contribution in [2.45, 2.75) is 20.4 Å². The van der Waals surface area contributed by atoms with Gasteiger partial charge in [0.05, 0.1) is 12.1 Å². The first-order valence-corrected chi connectivity index (χ1v) is 6.70. The third-order valence-corrected chi connectivity index (χ3v) is 3.43. The molecule has 0 atom stereocenters. The third-order valence-electron chi connectivity index (χ3n) is 2.78. The molecule has 100 valence electrons. The molecule has 1 amide bonds. The molecule has 0 radical (unpaired) electrons. The van der Waals surface area contributed by atoms with E-state index < -0.39 is 0 Å². The summed E-state index contributed by atoms with van der Waals surface area (Å²) in [6, 6.07) is 7.51. The van der Waals surface area contributed by atoms with Crippen LogP contribution < -0.4 is 0 Å². The van der Waals surface area contributed by atoms with Crippen molar-refractivity contribution in [2.75, 3.05) is 7.05 Å². The van der Waals surface area contributed by atoms with Crippen molar-refractivity contribution in [1.29, 1.82) is 0 Å². The summed E-state index contributed by atoms with van der Waals surface area (Å²) in [7, 11) is 1.75. The van der Waals surface area contributed by atoms with Crippen LogP contribution in [0.25, 0.3) is 0 Å². The number of halogens is 1. The van der Waals surface area contributed by atoms with E-state index >= 15 is 0 Å². The number of hydrogen-bond acceptors (Lipinski definition) is 3. The van der Waals surface area contributed by atoms with Gasteiger partial charge in [0.1, 0.15) is 11.5 Å². The number of aryl methyl sites for hydroxylation is 2. The summed E-state index contributed by atoms with van der Waals surface area (Å²) < 4.78 is 5.80. The molecular formula is C14H15BrN2O2. The molecule has 19 heavy (non-hydrogen) atoms. The standard InChI is InChI=1S/C14H15BrN2O2/c1-9-4-5-12(13(15)6-9)14(18)17(3)8-11-7-10(2)19-16-11/h4-7H,8H2,1-3H3. The van der Waals surface area contributed by atoms with Crippen molar-refractivity contribution < 1.29 is 9.32 Å². The average molecular weight is 323 g/mol. The molecule has 5 heteroatoms. The fraction of sp³-hybridized carbons (Fsp3) is 0.286. The summed E-state index contributed by atoms with van der Waals surface area (Å²) in [4.78, 5) is 13.9. The third kappa shape index (κ3) is 3.23. The maximum Gasteiger partial charge on any atom is 0.255 e. The highest BCUT2D eigenvalue weighted by Crippen LogP contribution is 2.20. The zero-order valence-corrected chi connectivity index (χ0v) is 12.7. The van der Waals surface area contributed by atoms with Crippen molar-refractivity contribution in [3.05, 3.63) is 51.3 Å². The Hall–Kier alpha value is -1.62. The molecule has 0 spiro atoms. The first-order valence-electron chi connectivity index (χ1n) is 5.91. The number of benzene rings is 1. The van der Waals surface area contributed by atoms with Crippen molar-refractivity contribution in [2.24, 2.45) is 0 Å². The summed E-state index contributed by atoms with van der Waals surface area (Å²) in [5, 5.41) is 3.89. The first kappa shape index (κ1) is 13.8. The molecule has 1 heterocycles. The van der Waals surface area contributed by atoms with Gasteiger partial charge in [0.15, 0.2) is 0 Å². The number of carbonyl (C=O) groups excluding carboxylic acids is 1. The summed E-state index contributed by atoms with van der Waals surface area (Å²) in [6.07, 6.45) is 0. The van der Waals surface area contributed by atoms with Crippen molar-refractivity contribution in [3.63, 3.8) is 0 Å². The Balaban J connectivity index is 2.14. The molecule has 2 aromatic rings. The van der Waals surface area contributed by atoms with Gasteiger partial charge in [0, 0.05) is 17.6 Å². The van der Waals surface area contributed by atoms with Crippen LogP contribution in [-0.2, 0) is 6.54 Å². The lowest BCUT2D eigenvalue weighted by atomic mass is 10.1. The van der Waals surface area contributed by atoms with E-state index in [9.17, 15) is 4.79 Å². The largest absolute Gasteiger partial charge is 0.361 e. The number of hydrogen-bond donors (Lipinski definition) is 0. The Morgan fingerprint density at radius 1 is 1.37 bits per heavy atom. The second-order valence-corrected chi connectivity index (χ2v) is 5.43. The van der Waals surface area contributed by atoms with Crippen LogP contribution in [0, 0.1) is 13.8 Å². The molecule has 0 fully saturated rings. The lowest BCUT2D eigenvalue weighted by Gasteiger charge is -2.16. The number of amides is 1. The Bertz CT molecular complexity index is 607. The van der Waals surface area contributed by atoms with Gasteiger partial charge >= 0.3 is 0 Å². The molecule has 0 aliphatic heterocycles. The second kappa shape index (κ2) is 5.57. The average Bonchev–Trinajstić information content (AvgIpc) is 2.74. The number of aromatic nitrogens is 1. The SMILES string of the molecule is Cc1ccc(C(=O)N(C)Cc2cc(C)on2)c(Br)c1. The summed E-state index contributed by atoms with van der Waals surface area (Å²) in [6.45, 7) is 4.24. The number of rotatable bonds is 3. The van der Waals surface area contributed by atoms with Crippen molar-refractivity contribution in [1.82, 2.24) is 10.1 Å². The second-order valence-electron chi connectivity index (χ2n) is 4.57. The van der Waals surface area contributed by atoms with E-state index in [1.807, 2.05) is 38.1 Å². The minimum absolute atomic E-state index is 0.0486. The Morgan fingerprint density at radius 3 is 2.68 bits per heavy atom. The van der Waals surface area contributed by atoms with Gasteiger partial charge < -0.3 is 9.42 Å². The maximum absolute atomic E-state index is 12.3. The van der Waals surface area contributed by atoms with E-state index in [-0.39, 0.29) is 5.91 Å². The molecule has 0 saturated heterocycles. The molecular weight excluding hydrogens is 308 g/mol. The van der Waals surface area contributed by atoms with Crippen LogP contribution in [0.15, 0.2) is 33.3 Å². The van der Waals surface area contributed by atoms with Crippen LogP contribution in [0.4, 0.5) is 0 Å². The molecule has 0 aliphatic carbocycles. The zero-order chi connectivity index (χ0) is 14.0. The molecule has 2 rings (SSSR count). The lowest BCUT2D eigenvalue weighted by molar-refractivity contribution is 0.0781. The van der Waals surface area contributed by atoms with Gasteiger partial charge in [-0.1, -0.05) is 11.2 Å². The topological polar surface area (TPSA) is 46.3 Å². The van der Waals surface area contributed by atoms with E-state index in [0.717, 1.165) is 21.5 Å². The van der Waals surface area contributed by atoms with Gasteiger partial charge in [0.2, 0.25) is 0 Å². The van der Waals surface area contributed by atoms with Gasteiger partial charge in [-0.05, 0) is 47.5 Å². The molecule has 4 nitrogen and oxygen atoms in total. The predicted molar refractivity (Wildman–Crippen MR) is 75.9 cm³/mol. The first-order chi connectivity index (χ1) is 8.97. The van der Waals surface area contributed by atoms with E-state index in [0.29, 0.717) is 12.1 Å². The Morgan fingerprint density at radius 2 is 2.11 bits per heavy atom. The summed E-state index contributed by atoms with van der Waals surface area (Å²) >= 11 is 3.42. The van der Waals surface area contributed by atoms with E-state index in [1.165, 1.54) is 0 Å². The molecule has 1 aromatic carbocycles. The molecule has 1 aromatic heterocycles. The van der Waals surface area contributed by atoms with E-state index in [4.69, 9.17) is 4.52 Å². The number of nitrogens with zero attached hydrogens (tertiary/aromatic N) is 2. The van der Waals surface area contributed by atoms with Crippen LogP contribution in [0.1, 0.15) is 27.4 Å². The van der Waals surface area contributed by atoms with Gasteiger partial charge in [-0.3, -0.25) is 4.79 Å². The normalized spacial score (nSPS) is 10.5. The summed E-state index contributed by atoms with van der Waals surface area (Å²) in [5.41, 5.74) is 2.50. The Labute approximate surface area is 120 Å². The van der Waals surface area contributed by atoms with Crippen LogP contribution in [-0.4, -0.2) is 23.0 Å². The van der Waals surface area contributed by atoms with Crippen LogP contribution >= 0.6 is 15.9 Å². The smallest absolute Gasteiger partial charge is 0.255 e. The highest BCUT2D eigenvalue weighted by molar-refractivity contribution is 9.10. The van der Waals surface area contributed by atoms with E-state index in [1.54, 1.807) is 11.9 Å². The minimum Gasteiger partial charge on any atom is -0.361 e. The van der Waals surface area contributed by atoms with Crippen LogP contribution in [0.5, 0.6) is 0 Å². The highest BCUT2D eigenvalue weighted by atomic mass is 79.9. The van der Waals surface area contributed by atoms with Crippen molar-refractivity contribution in [3.8, 4) is 0 Å². The fourth-order valence-electron chi connectivity index (χ4n) is 1.81. The molecule has 0 aliphatic rings. The molecule has 0 unspecified atom stereocenters. The maximum atomic E-state index is 12.3. The lowest BCUT2D eigenvalue weighted by Crippen LogP contribution is -2.26. The number of carbonyl (C=O) groups is 1. The zero-order valence-electron chi connectivity index (χ0n) is 11.1. The summed E-state index contributed by atoms with van der Waals surface area (Å²) in [5.74, 6) is 0.694. The van der Waals surface area contributed by atoms with Crippen LogP contribution in [0.2, 0.25) is 0 Å². The predicted octanol–water partition coefficient (Wildman–Crippen LogP) is 3.33. The minimum atomic E-state index is -0.0486. The highest BCUT2D eigenvalue weighted by Gasteiger charge is 2.16. The van der Waals surface area contributed by atoms with Crippen LogP contribution in [0.3, 0.4) is 0 Å². The monoisotopic (exact) mass is 322 g/mol. The molecule has 0 N–H and O–H groups in total. The van der Waals surface area contributed by atoms with E-state index in [2.05, 4.69) is 21.1 Å².